The fraction of sp³-hybridized carbons (Fsp3) is 0.500. The number of nitrogens with two attached hydrogens (primary N) is 1. The fourth-order valence-corrected chi connectivity index (χ4v) is 1.42. The highest BCUT2D eigenvalue weighted by Crippen LogP contribution is 2.24. The molecule has 0 spiro atoms. The second-order valence-corrected chi connectivity index (χ2v) is 3.15. The molecule has 0 bridgehead atoms. The molecule has 1 aromatic rings. The number of fused-ring (bicyclic) bond motifs is 1. The van der Waals surface area contributed by atoms with Crippen molar-refractivity contribution in [2.24, 2.45) is 0 Å². The molecular formula is C8H13N5O2. The zero-order valence-electron chi connectivity index (χ0n) is 8.41. The summed E-state index contributed by atoms with van der Waals surface area (Å²) in [5.41, 5.74) is 5.66. The Morgan fingerprint density at radius 3 is 3.20 bits per heavy atom. The van der Waals surface area contributed by atoms with Gasteiger partial charge in [-0.25, -0.2) is 0 Å². The zero-order valence-corrected chi connectivity index (χ0v) is 8.41. The maximum atomic E-state index is 11.4. The van der Waals surface area contributed by atoms with Crippen molar-refractivity contribution in [3.63, 3.8) is 0 Å². The Morgan fingerprint density at radius 1 is 1.67 bits per heavy atom. The molecule has 0 aromatic carbocycles. The minimum absolute atomic E-state index is 0.115. The van der Waals surface area contributed by atoms with Crippen LogP contribution in [0.15, 0.2) is 4.79 Å². The molecule has 4 N–H and O–H groups in total. The molecule has 2 heterocycles. The summed E-state index contributed by atoms with van der Waals surface area (Å²) < 4.78 is 5.25. The highest BCUT2D eigenvalue weighted by molar-refractivity contribution is 5.70. The van der Waals surface area contributed by atoms with Crippen LogP contribution in [-0.4, -0.2) is 30.0 Å². The van der Waals surface area contributed by atoms with Gasteiger partial charge in [0.25, 0.3) is 5.56 Å². The Bertz CT molecular complexity index is 416. The molecule has 0 fully saturated rings. The first kappa shape index (κ1) is 9.78. The molecule has 1 aliphatic rings. The summed E-state index contributed by atoms with van der Waals surface area (Å²) in [5.74, 6) is 0.661. The van der Waals surface area contributed by atoms with Crippen molar-refractivity contribution in [3.8, 4) is 0 Å². The third kappa shape index (κ3) is 1.73. The Kier molecular flexibility index (Phi) is 2.46. The lowest BCUT2D eigenvalue weighted by Gasteiger charge is -2.15. The van der Waals surface area contributed by atoms with Crippen molar-refractivity contribution in [2.75, 3.05) is 36.0 Å². The van der Waals surface area contributed by atoms with E-state index in [9.17, 15) is 4.79 Å². The maximum absolute atomic E-state index is 11.4. The number of nitrogens with one attached hydrogen (secondary N) is 2. The highest BCUT2D eigenvalue weighted by Gasteiger charge is 2.23. The minimum atomic E-state index is -0.253. The topological polar surface area (TPSA) is 96.3 Å². The van der Waals surface area contributed by atoms with Gasteiger partial charge in [0.15, 0.2) is 5.82 Å². The number of nitrogen functional groups attached to an aromatic ring is 1. The molecule has 0 atom stereocenters. The number of rotatable bonds is 3. The van der Waals surface area contributed by atoms with Gasteiger partial charge in [0.1, 0.15) is 12.4 Å². The summed E-state index contributed by atoms with van der Waals surface area (Å²) >= 11 is 0. The number of ether oxygens (including phenoxy) is 1. The molecule has 0 radical (unpaired) electrons. The van der Waals surface area contributed by atoms with Crippen LogP contribution in [0.2, 0.25) is 0 Å². The van der Waals surface area contributed by atoms with Crippen LogP contribution in [0, 0.1) is 0 Å². The van der Waals surface area contributed by atoms with Gasteiger partial charge in [0, 0.05) is 6.61 Å². The Labute approximate surface area is 86.2 Å². The molecule has 2 rings (SSSR count). The molecule has 7 nitrogen and oxygen atoms in total. The summed E-state index contributed by atoms with van der Waals surface area (Å²) in [5, 5.41) is 2.94. The van der Waals surface area contributed by atoms with Gasteiger partial charge in [-0.2, -0.15) is 4.98 Å². The molecule has 15 heavy (non-hydrogen) atoms. The van der Waals surface area contributed by atoms with E-state index < -0.39 is 0 Å². The van der Waals surface area contributed by atoms with Crippen LogP contribution in [0.4, 0.5) is 17.5 Å². The molecular weight excluding hydrogens is 198 g/mol. The quantitative estimate of drug-likeness (QED) is 0.625. The van der Waals surface area contributed by atoms with Crippen molar-refractivity contribution in [3.05, 3.63) is 10.4 Å². The predicted octanol–water partition coefficient (Wildman–Crippen LogP) is -0.464. The predicted molar refractivity (Wildman–Crippen MR) is 56.7 cm³/mol. The van der Waals surface area contributed by atoms with Crippen LogP contribution in [0.25, 0.3) is 0 Å². The number of aromatic amines is 1. The molecule has 0 amide bonds. The monoisotopic (exact) mass is 211 g/mol. The largest absolute Gasteiger partial charge is 0.369 e. The lowest BCUT2D eigenvalue weighted by Crippen LogP contribution is -2.26. The van der Waals surface area contributed by atoms with E-state index in [1.54, 1.807) is 0 Å². The zero-order chi connectivity index (χ0) is 10.8. The number of anilines is 3. The number of H-pyrrole nitrogens is 1. The van der Waals surface area contributed by atoms with Crippen LogP contribution in [0.5, 0.6) is 0 Å². The van der Waals surface area contributed by atoms with Gasteiger partial charge in [0.2, 0.25) is 5.95 Å². The fourth-order valence-electron chi connectivity index (χ4n) is 1.42. The van der Waals surface area contributed by atoms with Gasteiger partial charge in [-0.15, -0.1) is 0 Å². The SMILES string of the molecule is CCOCN1CNc2c1nc(N)[nH]c2=O. The third-order valence-corrected chi connectivity index (χ3v) is 2.12. The summed E-state index contributed by atoms with van der Waals surface area (Å²) in [6.45, 7) is 3.43. The van der Waals surface area contributed by atoms with Crippen LogP contribution < -0.4 is 21.5 Å². The number of aromatic nitrogens is 2. The molecule has 1 aromatic heterocycles. The van der Waals surface area contributed by atoms with Crippen molar-refractivity contribution < 1.29 is 4.74 Å². The van der Waals surface area contributed by atoms with Crippen molar-refractivity contribution in [1.82, 2.24) is 9.97 Å². The first-order chi connectivity index (χ1) is 7.22. The van der Waals surface area contributed by atoms with E-state index in [1.165, 1.54) is 0 Å². The average Bonchev–Trinajstić information content (AvgIpc) is 2.58. The normalized spacial score (nSPS) is 13.8. The van der Waals surface area contributed by atoms with Crippen molar-refractivity contribution >= 4 is 17.5 Å². The van der Waals surface area contributed by atoms with Crippen molar-refractivity contribution in [2.45, 2.75) is 6.92 Å². The van der Waals surface area contributed by atoms with E-state index in [2.05, 4.69) is 15.3 Å². The summed E-state index contributed by atoms with van der Waals surface area (Å²) in [7, 11) is 0. The lowest BCUT2D eigenvalue weighted by atomic mass is 10.5. The highest BCUT2D eigenvalue weighted by atomic mass is 16.5. The average molecular weight is 211 g/mol. The Balaban J connectivity index is 2.29. The smallest absolute Gasteiger partial charge is 0.277 e. The second-order valence-electron chi connectivity index (χ2n) is 3.15. The Morgan fingerprint density at radius 2 is 2.47 bits per heavy atom. The molecule has 7 heteroatoms. The molecule has 0 aliphatic carbocycles. The maximum Gasteiger partial charge on any atom is 0.277 e. The van der Waals surface area contributed by atoms with E-state index in [1.807, 2.05) is 11.8 Å². The van der Waals surface area contributed by atoms with Crippen LogP contribution in [0.3, 0.4) is 0 Å². The molecule has 82 valence electrons. The van der Waals surface area contributed by atoms with E-state index >= 15 is 0 Å². The summed E-state index contributed by atoms with van der Waals surface area (Å²) in [6.07, 6.45) is 0. The van der Waals surface area contributed by atoms with Crippen molar-refractivity contribution in [1.29, 1.82) is 0 Å². The van der Waals surface area contributed by atoms with Gasteiger partial charge in [-0.05, 0) is 6.92 Å². The lowest BCUT2D eigenvalue weighted by molar-refractivity contribution is 0.149. The summed E-state index contributed by atoms with van der Waals surface area (Å²) in [6, 6.07) is 0. The van der Waals surface area contributed by atoms with E-state index in [4.69, 9.17) is 10.5 Å². The number of nitrogens with zero attached hydrogens (tertiary/aromatic N) is 2. The van der Waals surface area contributed by atoms with E-state index in [-0.39, 0.29) is 11.5 Å². The second kappa shape index (κ2) is 3.77. The van der Waals surface area contributed by atoms with E-state index in [0.717, 1.165) is 0 Å². The number of hydrogen-bond acceptors (Lipinski definition) is 6. The van der Waals surface area contributed by atoms with E-state index in [0.29, 0.717) is 31.5 Å². The van der Waals surface area contributed by atoms with Crippen LogP contribution in [-0.2, 0) is 4.74 Å². The molecule has 0 saturated carbocycles. The van der Waals surface area contributed by atoms with Crippen LogP contribution >= 0.6 is 0 Å². The van der Waals surface area contributed by atoms with Gasteiger partial charge in [-0.3, -0.25) is 9.78 Å². The molecule has 0 saturated heterocycles. The van der Waals surface area contributed by atoms with Gasteiger partial charge in [0.05, 0.1) is 6.67 Å². The Hall–Kier alpha value is -1.76. The van der Waals surface area contributed by atoms with Gasteiger partial charge >= 0.3 is 0 Å². The molecule has 0 unspecified atom stereocenters. The minimum Gasteiger partial charge on any atom is -0.369 e. The first-order valence-corrected chi connectivity index (χ1v) is 4.68. The van der Waals surface area contributed by atoms with Gasteiger partial charge in [-0.1, -0.05) is 0 Å². The standard InChI is InChI=1S/C8H13N5O2/c1-2-15-4-13-3-10-5-6(13)11-8(9)12-7(5)14/h10H,2-4H2,1H3,(H3,9,11,12,14). The van der Waals surface area contributed by atoms with Gasteiger partial charge < -0.3 is 20.7 Å². The van der Waals surface area contributed by atoms with Crippen LogP contribution in [0.1, 0.15) is 6.92 Å². The summed E-state index contributed by atoms with van der Waals surface area (Å²) in [4.78, 5) is 19.7. The third-order valence-electron chi connectivity index (χ3n) is 2.12. The first-order valence-electron chi connectivity index (χ1n) is 4.68. The molecule has 1 aliphatic heterocycles. The number of hydrogen-bond donors (Lipinski definition) is 3.